The van der Waals surface area contributed by atoms with Gasteiger partial charge in [-0.3, -0.25) is 9.59 Å². The number of rotatable bonds is 4. The zero-order chi connectivity index (χ0) is 16.6. The number of nitrogens with one attached hydrogen (secondary N) is 1. The van der Waals surface area contributed by atoms with E-state index in [0.29, 0.717) is 5.69 Å². The first-order chi connectivity index (χ1) is 11.0. The van der Waals surface area contributed by atoms with Crippen LogP contribution < -0.4 is 5.32 Å². The number of para-hydroxylation sites is 1. The van der Waals surface area contributed by atoms with Crippen molar-refractivity contribution in [3.8, 4) is 0 Å². The lowest BCUT2D eigenvalue weighted by Crippen LogP contribution is -2.38. The van der Waals surface area contributed by atoms with Gasteiger partial charge < -0.3 is 15.2 Å². The second kappa shape index (κ2) is 6.02. The Labute approximate surface area is 133 Å². The number of hydrogen-bond acceptors (Lipinski definition) is 4. The normalized spacial score (nSPS) is 28.4. The first-order valence-electron chi connectivity index (χ1n) is 7.74. The first-order valence-corrected chi connectivity index (χ1v) is 7.74. The third kappa shape index (κ3) is 2.69. The molecule has 2 fully saturated rings. The maximum absolute atomic E-state index is 12.7. The van der Waals surface area contributed by atoms with Gasteiger partial charge >= 0.3 is 11.9 Å². The fourth-order valence-electron chi connectivity index (χ4n) is 4.12. The van der Waals surface area contributed by atoms with Crippen LogP contribution in [0.2, 0.25) is 0 Å². The Balaban J connectivity index is 1.82. The van der Waals surface area contributed by atoms with Gasteiger partial charge in [0.2, 0.25) is 5.91 Å². The highest BCUT2D eigenvalue weighted by molar-refractivity contribution is 6.02. The quantitative estimate of drug-likeness (QED) is 0.830. The van der Waals surface area contributed by atoms with E-state index in [0.717, 1.165) is 19.3 Å². The van der Waals surface area contributed by atoms with Crippen LogP contribution in [0.1, 0.15) is 29.6 Å². The van der Waals surface area contributed by atoms with Crippen LogP contribution >= 0.6 is 0 Å². The Morgan fingerprint density at radius 3 is 2.43 bits per heavy atom. The van der Waals surface area contributed by atoms with E-state index in [9.17, 15) is 19.5 Å². The van der Waals surface area contributed by atoms with Crippen LogP contribution in [0.4, 0.5) is 5.69 Å². The number of benzene rings is 1. The summed E-state index contributed by atoms with van der Waals surface area (Å²) in [6.45, 7) is 0. The van der Waals surface area contributed by atoms with Crippen LogP contribution in [0.3, 0.4) is 0 Å². The van der Waals surface area contributed by atoms with E-state index in [2.05, 4.69) is 5.32 Å². The van der Waals surface area contributed by atoms with E-state index < -0.39 is 23.8 Å². The average Bonchev–Trinajstić information content (AvgIpc) is 3.15. The lowest BCUT2D eigenvalue weighted by molar-refractivity contribution is -0.148. The van der Waals surface area contributed by atoms with Crippen LogP contribution in [-0.4, -0.2) is 30.1 Å². The monoisotopic (exact) mass is 317 g/mol. The molecule has 2 aliphatic carbocycles. The molecule has 2 aliphatic rings. The first kappa shape index (κ1) is 15.5. The molecule has 2 N–H and O–H groups in total. The largest absolute Gasteiger partial charge is 0.481 e. The van der Waals surface area contributed by atoms with Gasteiger partial charge in [0.1, 0.15) is 0 Å². The molecule has 1 aromatic rings. The van der Waals surface area contributed by atoms with Gasteiger partial charge in [-0.1, -0.05) is 12.1 Å². The summed E-state index contributed by atoms with van der Waals surface area (Å²) < 4.78 is 4.71. The molecule has 0 heterocycles. The topological polar surface area (TPSA) is 92.7 Å². The number of fused-ring (bicyclic) bond motifs is 2. The lowest BCUT2D eigenvalue weighted by atomic mass is 9.78. The Hall–Kier alpha value is -2.37. The summed E-state index contributed by atoms with van der Waals surface area (Å²) in [7, 11) is 1.28. The van der Waals surface area contributed by atoms with Crippen molar-refractivity contribution in [2.75, 3.05) is 12.4 Å². The van der Waals surface area contributed by atoms with Crippen molar-refractivity contribution in [2.45, 2.75) is 19.3 Å². The lowest BCUT2D eigenvalue weighted by Gasteiger charge is -2.27. The molecule has 0 aromatic heterocycles. The number of carbonyl (C=O) groups is 3. The van der Waals surface area contributed by atoms with Gasteiger partial charge in [0.15, 0.2) is 0 Å². The average molecular weight is 317 g/mol. The summed E-state index contributed by atoms with van der Waals surface area (Å²) in [4.78, 5) is 36.0. The predicted molar refractivity (Wildman–Crippen MR) is 81.9 cm³/mol. The van der Waals surface area contributed by atoms with Crippen LogP contribution in [0, 0.1) is 23.7 Å². The molecule has 0 radical (unpaired) electrons. The van der Waals surface area contributed by atoms with Gasteiger partial charge in [0.25, 0.3) is 0 Å². The number of anilines is 1. The molecule has 3 rings (SSSR count). The number of ether oxygens (including phenoxy) is 1. The molecular formula is C17H19NO5. The van der Waals surface area contributed by atoms with E-state index in [1.807, 2.05) is 0 Å². The van der Waals surface area contributed by atoms with Crippen LogP contribution in [0.25, 0.3) is 0 Å². The number of esters is 1. The maximum Gasteiger partial charge on any atom is 0.339 e. The molecule has 6 nitrogen and oxygen atoms in total. The van der Waals surface area contributed by atoms with E-state index >= 15 is 0 Å². The third-order valence-corrected chi connectivity index (χ3v) is 5.09. The molecule has 1 aromatic carbocycles. The minimum Gasteiger partial charge on any atom is -0.481 e. The summed E-state index contributed by atoms with van der Waals surface area (Å²) in [5, 5.41) is 12.2. The van der Waals surface area contributed by atoms with E-state index in [4.69, 9.17) is 4.74 Å². The molecule has 0 saturated heterocycles. The fourth-order valence-corrected chi connectivity index (χ4v) is 4.12. The third-order valence-electron chi connectivity index (χ3n) is 5.09. The Morgan fingerprint density at radius 1 is 1.13 bits per heavy atom. The molecule has 23 heavy (non-hydrogen) atoms. The van der Waals surface area contributed by atoms with Crippen LogP contribution in [0.5, 0.6) is 0 Å². The van der Waals surface area contributed by atoms with Crippen LogP contribution in [0.15, 0.2) is 24.3 Å². The Morgan fingerprint density at radius 2 is 1.78 bits per heavy atom. The Kier molecular flexibility index (Phi) is 4.07. The Bertz CT molecular complexity index is 656. The number of hydrogen-bond donors (Lipinski definition) is 2. The number of methoxy groups -OCH3 is 1. The number of carboxylic acid groups (broad SMARTS) is 1. The summed E-state index contributed by atoms with van der Waals surface area (Å²) >= 11 is 0. The van der Waals surface area contributed by atoms with Crippen LogP contribution in [-0.2, 0) is 14.3 Å². The molecule has 2 bridgehead atoms. The number of amides is 1. The SMILES string of the molecule is COC(=O)c1ccccc1NC(=O)C1C2CCC(C2)C1C(=O)O. The molecule has 4 unspecified atom stereocenters. The highest BCUT2D eigenvalue weighted by Gasteiger charge is 2.54. The van der Waals surface area contributed by atoms with Crippen molar-refractivity contribution in [1.82, 2.24) is 0 Å². The van der Waals surface area contributed by atoms with Gasteiger partial charge in [-0.25, -0.2) is 4.79 Å². The summed E-state index contributed by atoms with van der Waals surface area (Å²) in [5.41, 5.74) is 0.620. The highest BCUT2D eigenvalue weighted by Crippen LogP contribution is 2.52. The van der Waals surface area contributed by atoms with E-state index in [1.165, 1.54) is 7.11 Å². The predicted octanol–water partition coefficient (Wildman–Crippen LogP) is 2.16. The molecule has 1 amide bonds. The van der Waals surface area contributed by atoms with Gasteiger partial charge in [-0.05, 0) is 43.2 Å². The van der Waals surface area contributed by atoms with E-state index in [1.54, 1.807) is 24.3 Å². The van der Waals surface area contributed by atoms with Crippen molar-refractivity contribution < 1.29 is 24.2 Å². The number of carbonyl (C=O) groups excluding carboxylic acids is 2. The van der Waals surface area contributed by atoms with Crippen molar-refractivity contribution in [1.29, 1.82) is 0 Å². The second-order valence-electron chi connectivity index (χ2n) is 6.25. The molecule has 0 aliphatic heterocycles. The maximum atomic E-state index is 12.7. The molecule has 4 atom stereocenters. The van der Waals surface area contributed by atoms with Crippen molar-refractivity contribution >= 4 is 23.5 Å². The molecule has 0 spiro atoms. The fraction of sp³-hybridized carbons (Fsp3) is 0.471. The summed E-state index contributed by atoms with van der Waals surface area (Å²) in [6, 6.07) is 6.57. The van der Waals surface area contributed by atoms with Crippen molar-refractivity contribution in [2.24, 2.45) is 23.7 Å². The number of aliphatic carboxylic acids is 1. The minimum absolute atomic E-state index is 0.0871. The minimum atomic E-state index is -0.904. The smallest absolute Gasteiger partial charge is 0.339 e. The van der Waals surface area contributed by atoms with Crippen molar-refractivity contribution in [3.05, 3.63) is 29.8 Å². The molecule has 2 saturated carbocycles. The molecular weight excluding hydrogens is 298 g/mol. The van der Waals surface area contributed by atoms with Crippen molar-refractivity contribution in [3.63, 3.8) is 0 Å². The second-order valence-corrected chi connectivity index (χ2v) is 6.25. The van der Waals surface area contributed by atoms with Gasteiger partial charge in [-0.15, -0.1) is 0 Å². The molecule has 122 valence electrons. The van der Waals surface area contributed by atoms with E-state index in [-0.39, 0.29) is 23.3 Å². The standard InChI is InChI=1S/C17H19NO5/c1-23-17(22)11-4-2-3-5-12(11)18-15(19)13-9-6-7-10(8-9)14(13)16(20)21/h2-5,9-10,13-14H,6-8H2,1H3,(H,18,19)(H,20,21). The highest BCUT2D eigenvalue weighted by atomic mass is 16.5. The summed E-state index contributed by atoms with van der Waals surface area (Å²) in [6.07, 6.45) is 2.57. The zero-order valence-corrected chi connectivity index (χ0v) is 12.8. The molecule has 6 heteroatoms. The number of carboxylic acids is 1. The van der Waals surface area contributed by atoms with Gasteiger partial charge in [0, 0.05) is 0 Å². The zero-order valence-electron chi connectivity index (χ0n) is 12.8. The van der Waals surface area contributed by atoms with Gasteiger partial charge in [0.05, 0.1) is 30.2 Å². The van der Waals surface area contributed by atoms with Gasteiger partial charge in [-0.2, -0.15) is 0 Å². The summed E-state index contributed by atoms with van der Waals surface area (Å²) in [5.74, 6) is -2.71.